The maximum absolute atomic E-state index is 12.4. The van der Waals surface area contributed by atoms with Crippen LogP contribution >= 0.6 is 46.4 Å². The number of benzene rings is 1. The zero-order chi connectivity index (χ0) is 17.7. The quantitative estimate of drug-likeness (QED) is 0.679. The van der Waals surface area contributed by atoms with Gasteiger partial charge < -0.3 is 10.1 Å². The van der Waals surface area contributed by atoms with Gasteiger partial charge in [0.1, 0.15) is 17.5 Å². The van der Waals surface area contributed by atoms with Crippen LogP contribution in [0.25, 0.3) is 0 Å². The van der Waals surface area contributed by atoms with Gasteiger partial charge in [0.05, 0.1) is 32.9 Å². The van der Waals surface area contributed by atoms with E-state index in [1.54, 1.807) is 24.3 Å². The summed E-state index contributed by atoms with van der Waals surface area (Å²) >= 11 is 23.7. The number of nitrogens with zero attached hydrogens (tertiary/aromatic N) is 1. The molecule has 0 aliphatic heterocycles. The van der Waals surface area contributed by atoms with Crippen molar-refractivity contribution in [2.45, 2.75) is 12.5 Å². The number of carbonyl (C=O) groups excluding carboxylic acids is 1. The molecule has 0 aliphatic carbocycles. The predicted molar refractivity (Wildman–Crippen MR) is 97.4 cm³/mol. The van der Waals surface area contributed by atoms with Crippen LogP contribution in [0.2, 0.25) is 20.2 Å². The van der Waals surface area contributed by atoms with E-state index in [0.717, 1.165) is 0 Å². The number of nitrogens with one attached hydrogen (secondary N) is 1. The van der Waals surface area contributed by atoms with E-state index >= 15 is 0 Å². The SMILES string of the molecule is [CH2]CC(COc1cnc(Cl)c(Cl)c1)NC(=O)c1c(Cl)cccc1Cl. The van der Waals surface area contributed by atoms with Crippen LogP contribution in [0.3, 0.4) is 0 Å². The smallest absolute Gasteiger partial charge is 0.254 e. The molecule has 1 amide bonds. The Labute approximate surface area is 160 Å². The molecule has 8 heteroatoms. The van der Waals surface area contributed by atoms with Crippen molar-refractivity contribution in [3.63, 3.8) is 0 Å². The number of amides is 1. The second-order valence-corrected chi connectivity index (χ2v) is 6.39. The number of rotatable bonds is 6. The van der Waals surface area contributed by atoms with Gasteiger partial charge in [0.25, 0.3) is 5.91 Å². The highest BCUT2D eigenvalue weighted by atomic mass is 35.5. The highest BCUT2D eigenvalue weighted by molar-refractivity contribution is 6.41. The van der Waals surface area contributed by atoms with Crippen molar-refractivity contribution >= 4 is 52.3 Å². The van der Waals surface area contributed by atoms with Gasteiger partial charge in [-0.25, -0.2) is 4.98 Å². The van der Waals surface area contributed by atoms with Crippen molar-refractivity contribution in [3.8, 4) is 5.75 Å². The zero-order valence-corrected chi connectivity index (χ0v) is 15.4. The molecule has 4 nitrogen and oxygen atoms in total. The van der Waals surface area contributed by atoms with E-state index in [1.807, 2.05) is 0 Å². The molecule has 0 saturated heterocycles. The van der Waals surface area contributed by atoms with Crippen LogP contribution < -0.4 is 10.1 Å². The number of pyridine rings is 1. The van der Waals surface area contributed by atoms with Crippen LogP contribution in [-0.4, -0.2) is 23.5 Å². The molecule has 2 rings (SSSR count). The summed E-state index contributed by atoms with van der Waals surface area (Å²) in [5, 5.41) is 3.82. The molecule has 0 bridgehead atoms. The Morgan fingerprint density at radius 3 is 2.46 bits per heavy atom. The van der Waals surface area contributed by atoms with Crippen molar-refractivity contribution in [2.75, 3.05) is 6.61 Å². The lowest BCUT2D eigenvalue weighted by Gasteiger charge is -2.18. The highest BCUT2D eigenvalue weighted by Crippen LogP contribution is 2.25. The normalized spacial score (nSPS) is 11.9. The van der Waals surface area contributed by atoms with E-state index in [9.17, 15) is 4.79 Å². The average Bonchev–Trinajstić information content (AvgIpc) is 2.54. The van der Waals surface area contributed by atoms with Crippen LogP contribution in [0, 0.1) is 6.92 Å². The van der Waals surface area contributed by atoms with Crippen molar-refractivity contribution in [3.05, 3.63) is 63.2 Å². The van der Waals surface area contributed by atoms with Crippen molar-refractivity contribution in [1.29, 1.82) is 0 Å². The number of carbonyl (C=O) groups is 1. The average molecular weight is 407 g/mol. The third kappa shape index (κ3) is 4.90. The van der Waals surface area contributed by atoms with Crippen molar-refractivity contribution in [2.24, 2.45) is 0 Å². The molecular weight excluding hydrogens is 394 g/mol. The monoisotopic (exact) mass is 405 g/mol. The molecule has 0 aliphatic rings. The second-order valence-electron chi connectivity index (χ2n) is 4.81. The summed E-state index contributed by atoms with van der Waals surface area (Å²) in [5.41, 5.74) is 0.218. The van der Waals surface area contributed by atoms with Crippen LogP contribution in [0.5, 0.6) is 5.75 Å². The fourth-order valence-electron chi connectivity index (χ4n) is 1.85. The molecule has 1 aromatic carbocycles. The molecule has 24 heavy (non-hydrogen) atoms. The van der Waals surface area contributed by atoms with Gasteiger partial charge in [0.15, 0.2) is 0 Å². The van der Waals surface area contributed by atoms with Crippen LogP contribution in [0.1, 0.15) is 16.8 Å². The molecule has 127 valence electrons. The van der Waals surface area contributed by atoms with Crippen LogP contribution in [-0.2, 0) is 0 Å². The van der Waals surface area contributed by atoms with E-state index in [0.29, 0.717) is 12.2 Å². The molecule has 1 heterocycles. The third-order valence-electron chi connectivity index (χ3n) is 3.10. The number of halogens is 4. The summed E-state index contributed by atoms with van der Waals surface area (Å²) in [5.74, 6) is 0.0444. The molecule has 1 N–H and O–H groups in total. The number of hydrogen-bond donors (Lipinski definition) is 1. The number of aromatic nitrogens is 1. The van der Waals surface area contributed by atoms with Gasteiger partial charge in [-0.1, -0.05) is 59.4 Å². The Kier molecular flexibility index (Phi) is 6.99. The lowest BCUT2D eigenvalue weighted by Crippen LogP contribution is -2.39. The fraction of sp³-hybridized carbons (Fsp3) is 0.188. The van der Waals surface area contributed by atoms with Gasteiger partial charge in [0, 0.05) is 6.07 Å². The standard InChI is InChI=1S/C16H13Cl4N2O2/c1-2-9(8-24-10-6-13(19)15(20)21-7-10)22-16(23)14-11(17)4-3-5-12(14)18/h3-7,9H,1-2,8H2,(H,22,23). The Morgan fingerprint density at radius 1 is 1.21 bits per heavy atom. The molecule has 1 atom stereocenters. The second kappa shape index (κ2) is 8.77. The summed E-state index contributed by atoms with van der Waals surface area (Å²) in [6.45, 7) is 3.98. The van der Waals surface area contributed by atoms with E-state index < -0.39 is 5.91 Å². The molecule has 1 aromatic heterocycles. The minimum Gasteiger partial charge on any atom is -0.490 e. The lowest BCUT2D eigenvalue weighted by molar-refractivity contribution is 0.0922. The van der Waals surface area contributed by atoms with Crippen molar-refractivity contribution in [1.82, 2.24) is 10.3 Å². The topological polar surface area (TPSA) is 51.2 Å². The minimum atomic E-state index is -0.393. The Bertz CT molecular complexity index is 720. The maximum Gasteiger partial charge on any atom is 0.254 e. The molecule has 0 fully saturated rings. The van der Waals surface area contributed by atoms with E-state index in [-0.39, 0.29) is 38.4 Å². The summed E-state index contributed by atoms with van der Waals surface area (Å²) < 4.78 is 5.57. The lowest BCUT2D eigenvalue weighted by atomic mass is 10.1. The van der Waals surface area contributed by atoms with Gasteiger partial charge in [-0.2, -0.15) is 0 Å². The maximum atomic E-state index is 12.4. The molecule has 2 aromatic rings. The van der Waals surface area contributed by atoms with Crippen molar-refractivity contribution < 1.29 is 9.53 Å². The van der Waals surface area contributed by atoms with Crippen LogP contribution in [0.15, 0.2) is 30.5 Å². The first-order valence-electron chi connectivity index (χ1n) is 6.90. The minimum absolute atomic E-state index is 0.178. The van der Waals surface area contributed by atoms with E-state index in [2.05, 4.69) is 17.2 Å². The molecule has 1 radical (unpaired) electrons. The zero-order valence-electron chi connectivity index (χ0n) is 12.4. The number of ether oxygens (including phenoxy) is 1. The predicted octanol–water partition coefficient (Wildman–Crippen LogP) is 5.10. The molecular formula is C16H13Cl4N2O2. The summed E-state index contributed by atoms with van der Waals surface area (Å²) in [6.07, 6.45) is 1.85. The van der Waals surface area contributed by atoms with Gasteiger partial charge in [0.2, 0.25) is 0 Å². The third-order valence-corrected chi connectivity index (χ3v) is 4.41. The Hall–Kier alpha value is -1.20. The van der Waals surface area contributed by atoms with Gasteiger partial charge in [-0.15, -0.1) is 0 Å². The molecule has 0 spiro atoms. The fourth-order valence-corrected chi connectivity index (χ4v) is 2.68. The van der Waals surface area contributed by atoms with Gasteiger partial charge >= 0.3 is 0 Å². The largest absolute Gasteiger partial charge is 0.490 e. The Balaban J connectivity index is 2.01. The Morgan fingerprint density at radius 2 is 1.88 bits per heavy atom. The highest BCUT2D eigenvalue weighted by Gasteiger charge is 2.18. The first-order valence-corrected chi connectivity index (χ1v) is 8.41. The van der Waals surface area contributed by atoms with Gasteiger partial charge in [-0.3, -0.25) is 4.79 Å². The summed E-state index contributed by atoms with van der Waals surface area (Å²) in [7, 11) is 0. The number of hydrogen-bond acceptors (Lipinski definition) is 3. The van der Waals surface area contributed by atoms with E-state index in [1.165, 1.54) is 6.20 Å². The van der Waals surface area contributed by atoms with Gasteiger partial charge in [-0.05, 0) is 18.6 Å². The molecule has 1 unspecified atom stereocenters. The van der Waals surface area contributed by atoms with Crippen LogP contribution in [0.4, 0.5) is 0 Å². The first kappa shape index (κ1) is 19.1. The summed E-state index contributed by atoms with van der Waals surface area (Å²) in [6, 6.07) is 6.06. The van der Waals surface area contributed by atoms with E-state index in [4.69, 9.17) is 51.1 Å². The summed E-state index contributed by atoms with van der Waals surface area (Å²) in [4.78, 5) is 16.2. The first-order chi connectivity index (χ1) is 11.4. The molecule has 0 saturated carbocycles.